The van der Waals surface area contributed by atoms with Crippen LogP contribution in [0.3, 0.4) is 0 Å². The summed E-state index contributed by atoms with van der Waals surface area (Å²) in [5.41, 5.74) is 10.1. The molecule has 0 spiro atoms. The summed E-state index contributed by atoms with van der Waals surface area (Å²) >= 11 is 0. The molecule has 0 aliphatic carbocycles. The maximum atomic E-state index is 11.8. The fraction of sp³-hybridized carbons (Fsp3) is 0.200. The summed E-state index contributed by atoms with van der Waals surface area (Å²) in [7, 11) is 0. The van der Waals surface area contributed by atoms with E-state index in [1.165, 1.54) is 0 Å². The average molecular weight is 471 g/mol. The number of carbonyl (C=O) groups excluding carboxylic acids is 1. The first-order valence-electron chi connectivity index (χ1n) is 11.3. The van der Waals surface area contributed by atoms with Gasteiger partial charge in [-0.25, -0.2) is 9.67 Å². The molecule has 2 aromatic heterocycles. The third kappa shape index (κ3) is 5.07. The number of nitrogens with one attached hydrogen (secondary N) is 2. The van der Waals surface area contributed by atoms with Gasteiger partial charge in [-0.2, -0.15) is 4.98 Å². The molecular weight excluding hydrogens is 444 g/mol. The average Bonchev–Trinajstić information content (AvgIpc) is 3.38. The molecule has 4 aromatic rings. The topological polar surface area (TPSA) is 123 Å². The number of pyridine rings is 1. The van der Waals surface area contributed by atoms with Crippen LogP contribution in [-0.2, 0) is 4.74 Å². The largest absolute Gasteiger partial charge is 0.378 e. The minimum atomic E-state index is -0.484. The SMILES string of the molecule is Cc1cnc(Nc2ccc(-n3cnc(N4CCOCC4)n3)cc2)cc1Nc1ccccc1C(N)=O. The Morgan fingerprint density at radius 3 is 2.54 bits per heavy atom. The summed E-state index contributed by atoms with van der Waals surface area (Å²) in [6, 6.07) is 16.9. The third-order valence-electron chi connectivity index (χ3n) is 5.74. The molecule has 0 unspecified atom stereocenters. The lowest BCUT2D eigenvalue weighted by Crippen LogP contribution is -2.37. The van der Waals surface area contributed by atoms with Crippen molar-refractivity contribution in [2.75, 3.05) is 41.8 Å². The Morgan fingerprint density at radius 1 is 1.00 bits per heavy atom. The zero-order valence-corrected chi connectivity index (χ0v) is 19.3. The van der Waals surface area contributed by atoms with Gasteiger partial charge < -0.3 is 26.0 Å². The molecule has 178 valence electrons. The molecule has 10 heteroatoms. The first kappa shape index (κ1) is 22.4. The van der Waals surface area contributed by atoms with E-state index in [4.69, 9.17) is 10.5 Å². The number of benzene rings is 2. The molecule has 3 heterocycles. The van der Waals surface area contributed by atoms with Crippen LogP contribution < -0.4 is 21.3 Å². The Balaban J connectivity index is 1.30. The zero-order chi connectivity index (χ0) is 24.2. The van der Waals surface area contributed by atoms with E-state index in [0.29, 0.717) is 36.2 Å². The van der Waals surface area contributed by atoms with Gasteiger partial charge in [-0.3, -0.25) is 4.79 Å². The van der Waals surface area contributed by atoms with Crippen molar-refractivity contribution < 1.29 is 9.53 Å². The van der Waals surface area contributed by atoms with Crippen LogP contribution in [0.2, 0.25) is 0 Å². The van der Waals surface area contributed by atoms with Crippen molar-refractivity contribution in [2.24, 2.45) is 5.73 Å². The van der Waals surface area contributed by atoms with Gasteiger partial charge in [0.05, 0.1) is 30.2 Å². The van der Waals surface area contributed by atoms with Gasteiger partial charge in [0, 0.05) is 36.7 Å². The van der Waals surface area contributed by atoms with Gasteiger partial charge in [0.15, 0.2) is 0 Å². The molecule has 4 N–H and O–H groups in total. The van der Waals surface area contributed by atoms with Crippen molar-refractivity contribution in [3.05, 3.63) is 78.2 Å². The molecule has 35 heavy (non-hydrogen) atoms. The van der Waals surface area contributed by atoms with E-state index in [9.17, 15) is 4.79 Å². The molecule has 1 aliphatic rings. The van der Waals surface area contributed by atoms with Crippen LogP contribution >= 0.6 is 0 Å². The second-order valence-corrected chi connectivity index (χ2v) is 8.18. The Hall–Kier alpha value is -4.44. The number of morpholine rings is 1. The molecule has 1 fully saturated rings. The minimum absolute atomic E-state index is 0.429. The molecule has 2 aromatic carbocycles. The number of primary amides is 1. The molecule has 5 rings (SSSR count). The number of carbonyl (C=O) groups is 1. The Bertz CT molecular complexity index is 1330. The van der Waals surface area contributed by atoms with Gasteiger partial charge in [-0.05, 0) is 48.9 Å². The second-order valence-electron chi connectivity index (χ2n) is 8.18. The maximum absolute atomic E-state index is 11.8. The van der Waals surface area contributed by atoms with Gasteiger partial charge in [-0.15, -0.1) is 5.10 Å². The summed E-state index contributed by atoms with van der Waals surface area (Å²) in [5.74, 6) is 0.887. The van der Waals surface area contributed by atoms with Crippen molar-refractivity contribution >= 4 is 34.7 Å². The van der Waals surface area contributed by atoms with Crippen molar-refractivity contribution in [2.45, 2.75) is 6.92 Å². The van der Waals surface area contributed by atoms with Crippen molar-refractivity contribution in [3.63, 3.8) is 0 Å². The van der Waals surface area contributed by atoms with E-state index in [1.807, 2.05) is 49.4 Å². The predicted molar refractivity (Wildman–Crippen MR) is 135 cm³/mol. The molecule has 0 atom stereocenters. The highest BCUT2D eigenvalue weighted by Gasteiger charge is 2.15. The Labute approximate surface area is 202 Å². The van der Waals surface area contributed by atoms with Gasteiger partial charge in [0.25, 0.3) is 5.91 Å². The quantitative estimate of drug-likeness (QED) is 0.376. The van der Waals surface area contributed by atoms with Crippen molar-refractivity contribution in [1.29, 1.82) is 0 Å². The summed E-state index contributed by atoms with van der Waals surface area (Å²) in [6.45, 7) is 4.92. The molecule has 1 amide bonds. The van der Waals surface area contributed by atoms with E-state index < -0.39 is 5.91 Å². The highest BCUT2D eigenvalue weighted by Crippen LogP contribution is 2.26. The molecule has 1 aliphatic heterocycles. The predicted octanol–water partition coefficient (Wildman–Crippen LogP) is 3.39. The van der Waals surface area contributed by atoms with Gasteiger partial charge in [0.1, 0.15) is 12.1 Å². The number of rotatable bonds is 7. The number of ether oxygens (including phenoxy) is 1. The number of para-hydroxylation sites is 1. The van der Waals surface area contributed by atoms with Gasteiger partial charge in [0.2, 0.25) is 5.95 Å². The monoisotopic (exact) mass is 470 g/mol. The standard InChI is InChI=1S/C25H26N8O2/c1-17-15-27-23(14-22(17)30-21-5-3-2-4-20(21)24(26)34)29-18-6-8-19(9-7-18)33-16-28-25(31-33)32-10-12-35-13-11-32/h2-9,14-16H,10-13H2,1H3,(H2,26,34)(H2,27,29,30). The Morgan fingerprint density at radius 2 is 1.77 bits per heavy atom. The fourth-order valence-corrected chi connectivity index (χ4v) is 3.81. The number of nitrogens with zero attached hydrogens (tertiary/aromatic N) is 5. The third-order valence-corrected chi connectivity index (χ3v) is 5.74. The summed E-state index contributed by atoms with van der Waals surface area (Å²) < 4.78 is 7.16. The van der Waals surface area contributed by atoms with Gasteiger partial charge >= 0.3 is 0 Å². The van der Waals surface area contributed by atoms with Crippen LogP contribution in [-0.4, -0.2) is 52.0 Å². The number of aromatic nitrogens is 4. The van der Waals surface area contributed by atoms with Crippen LogP contribution in [0.1, 0.15) is 15.9 Å². The maximum Gasteiger partial charge on any atom is 0.250 e. The normalized spacial score (nSPS) is 13.5. The van der Waals surface area contributed by atoms with E-state index in [2.05, 4.69) is 30.6 Å². The van der Waals surface area contributed by atoms with E-state index in [1.54, 1.807) is 29.3 Å². The highest BCUT2D eigenvalue weighted by molar-refractivity contribution is 5.99. The smallest absolute Gasteiger partial charge is 0.250 e. The summed E-state index contributed by atoms with van der Waals surface area (Å²) in [6.07, 6.45) is 3.49. The molecular formula is C25H26N8O2. The molecule has 10 nitrogen and oxygen atoms in total. The van der Waals surface area contributed by atoms with E-state index in [-0.39, 0.29) is 0 Å². The van der Waals surface area contributed by atoms with E-state index >= 15 is 0 Å². The zero-order valence-electron chi connectivity index (χ0n) is 19.3. The first-order valence-corrected chi connectivity index (χ1v) is 11.3. The lowest BCUT2D eigenvalue weighted by atomic mass is 10.1. The Kier molecular flexibility index (Phi) is 6.27. The molecule has 0 radical (unpaired) electrons. The summed E-state index contributed by atoms with van der Waals surface area (Å²) in [4.78, 5) is 22.8. The van der Waals surface area contributed by atoms with Crippen molar-refractivity contribution in [1.82, 2.24) is 19.7 Å². The second kappa shape index (κ2) is 9.82. The summed E-state index contributed by atoms with van der Waals surface area (Å²) in [5, 5.41) is 11.2. The van der Waals surface area contributed by atoms with Crippen LogP contribution in [0.5, 0.6) is 0 Å². The lowest BCUT2D eigenvalue weighted by Gasteiger charge is -2.25. The first-order chi connectivity index (χ1) is 17.1. The van der Waals surface area contributed by atoms with Crippen LogP contribution in [0, 0.1) is 6.92 Å². The minimum Gasteiger partial charge on any atom is -0.378 e. The van der Waals surface area contributed by atoms with E-state index in [0.717, 1.165) is 35.7 Å². The number of nitrogens with two attached hydrogens (primary N) is 1. The molecule has 1 saturated heterocycles. The molecule has 0 bridgehead atoms. The number of anilines is 5. The van der Waals surface area contributed by atoms with Crippen LogP contribution in [0.4, 0.5) is 28.8 Å². The number of amides is 1. The highest BCUT2D eigenvalue weighted by atomic mass is 16.5. The molecule has 0 saturated carbocycles. The number of aryl methyl sites for hydroxylation is 1. The fourth-order valence-electron chi connectivity index (χ4n) is 3.81. The number of hydrogen-bond acceptors (Lipinski definition) is 8. The number of hydrogen-bond donors (Lipinski definition) is 3. The van der Waals surface area contributed by atoms with Crippen molar-refractivity contribution in [3.8, 4) is 5.69 Å². The lowest BCUT2D eigenvalue weighted by molar-refractivity contribution is 0.100. The van der Waals surface area contributed by atoms with Crippen LogP contribution in [0.25, 0.3) is 5.69 Å². The van der Waals surface area contributed by atoms with Gasteiger partial charge in [-0.1, -0.05) is 12.1 Å². The van der Waals surface area contributed by atoms with Crippen LogP contribution in [0.15, 0.2) is 67.1 Å².